The molecule has 2 nitrogen and oxygen atoms in total. The van der Waals surface area contributed by atoms with Crippen LogP contribution >= 0.6 is 0 Å². The van der Waals surface area contributed by atoms with E-state index in [-0.39, 0.29) is 5.75 Å². The highest BCUT2D eigenvalue weighted by Crippen LogP contribution is 2.29. The molecule has 0 N–H and O–H groups in total. The van der Waals surface area contributed by atoms with Crippen molar-refractivity contribution in [2.45, 2.75) is 11.9 Å². The van der Waals surface area contributed by atoms with Crippen LogP contribution in [0.3, 0.4) is 0 Å². The van der Waals surface area contributed by atoms with Gasteiger partial charge in [0.15, 0.2) is 0 Å². The normalized spacial score (nSPS) is 14.0. The highest BCUT2D eigenvalue weighted by Gasteiger charge is 2.29. The first-order valence-electron chi connectivity index (χ1n) is 3.61. The second kappa shape index (κ2) is 4.10. The molecule has 0 aliphatic heterocycles. The van der Waals surface area contributed by atoms with Crippen LogP contribution in [0.25, 0.3) is 0 Å². The highest BCUT2D eigenvalue weighted by molar-refractivity contribution is 7.78. The zero-order valence-electron chi connectivity index (χ0n) is 6.88. The second-order valence-corrected chi connectivity index (χ2v) is 3.54. The molecule has 0 aliphatic carbocycles. The van der Waals surface area contributed by atoms with Gasteiger partial charge in [0.05, 0.1) is 5.56 Å². The lowest BCUT2D eigenvalue weighted by Gasteiger charge is -2.08. The molecule has 0 heterocycles. The average molecular weight is 223 g/mol. The van der Waals surface area contributed by atoms with Crippen LogP contribution in [0.5, 0.6) is 0 Å². The molecule has 1 aromatic carbocycles. The van der Waals surface area contributed by atoms with Gasteiger partial charge < -0.3 is 4.55 Å². The minimum atomic E-state index is -4.38. The zero-order chi connectivity index (χ0) is 10.8. The molecule has 0 fully saturated rings. The minimum Gasteiger partial charge on any atom is -0.772 e. The summed E-state index contributed by atoms with van der Waals surface area (Å²) in [6.07, 6.45) is -4.38. The lowest BCUT2D eigenvalue weighted by Crippen LogP contribution is -2.04. The van der Waals surface area contributed by atoms with Gasteiger partial charge in [-0.3, -0.25) is 4.21 Å². The van der Waals surface area contributed by atoms with Crippen molar-refractivity contribution in [3.8, 4) is 0 Å². The van der Waals surface area contributed by atoms with E-state index in [1.165, 1.54) is 0 Å². The summed E-state index contributed by atoms with van der Waals surface area (Å²) in [7, 11) is 0. The van der Waals surface area contributed by atoms with Crippen LogP contribution in [0, 0.1) is 0 Å². The van der Waals surface area contributed by atoms with Gasteiger partial charge in [-0.25, -0.2) is 0 Å². The average Bonchev–Trinajstić information content (AvgIpc) is 2.02. The largest absolute Gasteiger partial charge is 0.772 e. The molecule has 1 atom stereocenters. The van der Waals surface area contributed by atoms with Gasteiger partial charge in [-0.05, 0) is 17.7 Å². The third kappa shape index (κ3) is 3.12. The molecule has 1 unspecified atom stereocenters. The fraction of sp³-hybridized carbons (Fsp3) is 0.250. The van der Waals surface area contributed by atoms with Crippen LogP contribution in [-0.2, 0) is 23.0 Å². The quantitative estimate of drug-likeness (QED) is 0.720. The Morgan fingerprint density at radius 2 is 1.71 bits per heavy atom. The number of rotatable bonds is 2. The second-order valence-electron chi connectivity index (χ2n) is 2.64. The Labute approximate surface area is 81.0 Å². The van der Waals surface area contributed by atoms with E-state index in [2.05, 4.69) is 0 Å². The van der Waals surface area contributed by atoms with Gasteiger partial charge in [-0.15, -0.1) is 0 Å². The number of benzene rings is 1. The van der Waals surface area contributed by atoms with Crippen LogP contribution < -0.4 is 0 Å². The summed E-state index contributed by atoms with van der Waals surface area (Å²) in [5, 5.41) is 0. The predicted molar refractivity (Wildman–Crippen MR) is 44.1 cm³/mol. The Morgan fingerprint density at radius 3 is 2.07 bits per heavy atom. The molecule has 78 valence electrons. The van der Waals surface area contributed by atoms with E-state index in [4.69, 9.17) is 0 Å². The Kier molecular flexibility index (Phi) is 3.28. The van der Waals surface area contributed by atoms with E-state index in [0.717, 1.165) is 24.3 Å². The van der Waals surface area contributed by atoms with Crippen molar-refractivity contribution >= 4 is 11.1 Å². The molecule has 0 aliphatic rings. The fourth-order valence-corrected chi connectivity index (χ4v) is 1.39. The van der Waals surface area contributed by atoms with Crippen LogP contribution in [0.1, 0.15) is 11.1 Å². The Balaban J connectivity index is 2.84. The first-order valence-corrected chi connectivity index (χ1v) is 4.86. The number of alkyl halides is 3. The topological polar surface area (TPSA) is 40.1 Å². The van der Waals surface area contributed by atoms with Gasteiger partial charge >= 0.3 is 6.18 Å². The minimum absolute atomic E-state index is 0.266. The molecule has 14 heavy (non-hydrogen) atoms. The first-order chi connectivity index (χ1) is 6.39. The zero-order valence-corrected chi connectivity index (χ0v) is 7.69. The van der Waals surface area contributed by atoms with Crippen molar-refractivity contribution < 1.29 is 21.9 Å². The molecule has 0 saturated carbocycles. The summed E-state index contributed by atoms with van der Waals surface area (Å²) in [6, 6.07) is 4.03. The lowest BCUT2D eigenvalue weighted by molar-refractivity contribution is -0.137. The number of hydrogen-bond donors (Lipinski definition) is 0. The van der Waals surface area contributed by atoms with E-state index in [9.17, 15) is 21.9 Å². The molecule has 0 radical (unpaired) electrons. The summed E-state index contributed by atoms with van der Waals surface area (Å²) >= 11 is -2.28. The first kappa shape index (κ1) is 11.2. The van der Waals surface area contributed by atoms with Gasteiger partial charge in [-0.2, -0.15) is 13.2 Å². The summed E-state index contributed by atoms with van der Waals surface area (Å²) < 4.78 is 56.6. The van der Waals surface area contributed by atoms with E-state index in [1.807, 2.05) is 0 Å². The molecule has 1 rings (SSSR count). The van der Waals surface area contributed by atoms with Crippen molar-refractivity contribution in [1.82, 2.24) is 0 Å². The lowest BCUT2D eigenvalue weighted by atomic mass is 10.1. The summed E-state index contributed by atoms with van der Waals surface area (Å²) in [5.41, 5.74) is -0.440. The van der Waals surface area contributed by atoms with Crippen molar-refractivity contribution in [3.63, 3.8) is 0 Å². The van der Waals surface area contributed by atoms with Gasteiger partial charge in [-0.1, -0.05) is 23.2 Å². The molecule has 0 amide bonds. The molecule has 1 aromatic rings. The van der Waals surface area contributed by atoms with Crippen LogP contribution in [0.2, 0.25) is 0 Å². The Hall–Kier alpha value is -0.880. The van der Waals surface area contributed by atoms with Crippen molar-refractivity contribution in [2.24, 2.45) is 0 Å². The van der Waals surface area contributed by atoms with E-state index < -0.39 is 22.8 Å². The monoisotopic (exact) mass is 223 g/mol. The van der Waals surface area contributed by atoms with Crippen molar-refractivity contribution in [1.29, 1.82) is 0 Å². The van der Waals surface area contributed by atoms with E-state index in [0.29, 0.717) is 5.56 Å². The molecule has 0 saturated heterocycles. The van der Waals surface area contributed by atoms with Gasteiger partial charge in [0.25, 0.3) is 0 Å². The van der Waals surface area contributed by atoms with Crippen LogP contribution in [0.15, 0.2) is 24.3 Å². The fourth-order valence-electron chi connectivity index (χ4n) is 0.926. The van der Waals surface area contributed by atoms with E-state index in [1.54, 1.807) is 0 Å². The molecular formula is C8H6F3O2S-. The third-order valence-corrected chi connectivity index (χ3v) is 2.13. The van der Waals surface area contributed by atoms with Crippen molar-refractivity contribution in [2.75, 3.05) is 0 Å². The van der Waals surface area contributed by atoms with Gasteiger partial charge in [0.1, 0.15) is 0 Å². The predicted octanol–water partition coefficient (Wildman–Crippen LogP) is 2.08. The standard InChI is InChI=1S/C8H7F3O2S/c9-8(10,11)7-3-1-6(2-4-7)5-14(12)13/h1-4H,5H2,(H,12,13)/p-1. The van der Waals surface area contributed by atoms with Crippen molar-refractivity contribution in [3.05, 3.63) is 35.4 Å². The maximum atomic E-state index is 12.1. The van der Waals surface area contributed by atoms with Gasteiger partial charge in [0.2, 0.25) is 0 Å². The number of hydrogen-bond acceptors (Lipinski definition) is 2. The smallest absolute Gasteiger partial charge is 0.416 e. The van der Waals surface area contributed by atoms with E-state index >= 15 is 0 Å². The summed E-state index contributed by atoms with van der Waals surface area (Å²) in [5.74, 6) is -0.266. The van der Waals surface area contributed by atoms with Crippen LogP contribution in [-0.4, -0.2) is 8.76 Å². The molecule has 0 bridgehead atoms. The third-order valence-electron chi connectivity index (χ3n) is 1.57. The molecule has 0 spiro atoms. The molecule has 6 heteroatoms. The molecular weight excluding hydrogens is 217 g/mol. The highest BCUT2D eigenvalue weighted by atomic mass is 32.2. The Bertz CT molecular complexity index is 331. The van der Waals surface area contributed by atoms with Gasteiger partial charge in [0, 0.05) is 5.75 Å². The number of halogens is 3. The maximum absolute atomic E-state index is 12.1. The SMILES string of the molecule is O=S([O-])Cc1ccc(C(F)(F)F)cc1. The van der Waals surface area contributed by atoms with Crippen LogP contribution in [0.4, 0.5) is 13.2 Å². The molecule has 0 aromatic heterocycles. The maximum Gasteiger partial charge on any atom is 0.416 e. The Morgan fingerprint density at radius 1 is 1.21 bits per heavy atom. The summed E-state index contributed by atoms with van der Waals surface area (Å²) in [6.45, 7) is 0. The summed E-state index contributed by atoms with van der Waals surface area (Å²) in [4.78, 5) is 0.